The van der Waals surface area contributed by atoms with Crippen molar-refractivity contribution in [2.45, 2.75) is 97.5 Å². The van der Waals surface area contributed by atoms with E-state index in [1.165, 1.54) is 58.3 Å². The molecule has 27 heavy (non-hydrogen) atoms. The molecular formula is C24H42O3. The lowest BCUT2D eigenvalue weighted by atomic mass is 9.89. The minimum absolute atomic E-state index is 0.133. The standard InChI is InChI=1S/C24H42O3/c1-4-5-12-20(2)13-10-15-23-17-11-16-22(23)14-8-6-7-9-18-24(26)19-27-21(3)25/h10-11,15,17,20,22-24,26H,4-9,12-14,16,18-19H2,1-3H3/t20-,22+,23+,24?/m1/s1. The Morgan fingerprint density at radius 1 is 1.22 bits per heavy atom. The van der Waals surface area contributed by atoms with Crippen molar-refractivity contribution >= 4 is 5.97 Å². The number of carbonyl (C=O) groups is 1. The molecular weight excluding hydrogens is 336 g/mol. The molecule has 1 aliphatic carbocycles. The summed E-state index contributed by atoms with van der Waals surface area (Å²) in [7, 11) is 0. The number of hydrogen-bond donors (Lipinski definition) is 1. The Hall–Kier alpha value is -1.09. The van der Waals surface area contributed by atoms with E-state index >= 15 is 0 Å². The molecule has 0 aliphatic heterocycles. The number of ether oxygens (including phenoxy) is 1. The van der Waals surface area contributed by atoms with Crippen LogP contribution in [-0.2, 0) is 9.53 Å². The number of aliphatic hydroxyl groups is 1. The van der Waals surface area contributed by atoms with Crippen molar-refractivity contribution in [1.82, 2.24) is 0 Å². The van der Waals surface area contributed by atoms with Gasteiger partial charge in [0.1, 0.15) is 6.61 Å². The fraction of sp³-hybridized carbons (Fsp3) is 0.792. The van der Waals surface area contributed by atoms with E-state index in [0.29, 0.717) is 5.92 Å². The third-order valence-corrected chi connectivity index (χ3v) is 5.63. The molecule has 0 saturated carbocycles. The van der Waals surface area contributed by atoms with E-state index in [1.54, 1.807) is 0 Å². The fourth-order valence-electron chi connectivity index (χ4n) is 3.83. The van der Waals surface area contributed by atoms with Gasteiger partial charge in [0.2, 0.25) is 0 Å². The van der Waals surface area contributed by atoms with Gasteiger partial charge in [-0.25, -0.2) is 0 Å². The lowest BCUT2D eigenvalue weighted by Gasteiger charge is -2.16. The van der Waals surface area contributed by atoms with Crippen LogP contribution in [0.4, 0.5) is 0 Å². The number of hydrogen-bond acceptors (Lipinski definition) is 3. The average molecular weight is 379 g/mol. The fourth-order valence-corrected chi connectivity index (χ4v) is 3.83. The van der Waals surface area contributed by atoms with Crippen molar-refractivity contribution in [1.29, 1.82) is 0 Å². The van der Waals surface area contributed by atoms with Crippen LogP contribution in [0, 0.1) is 17.8 Å². The molecule has 156 valence electrons. The smallest absolute Gasteiger partial charge is 0.302 e. The maximum absolute atomic E-state index is 10.7. The Bertz CT molecular complexity index is 441. The van der Waals surface area contributed by atoms with Crippen LogP contribution in [0.5, 0.6) is 0 Å². The predicted molar refractivity (Wildman–Crippen MR) is 114 cm³/mol. The summed E-state index contributed by atoms with van der Waals surface area (Å²) in [4.78, 5) is 10.7. The number of carbonyl (C=O) groups excluding carboxylic acids is 1. The van der Waals surface area contributed by atoms with E-state index in [2.05, 4.69) is 38.2 Å². The van der Waals surface area contributed by atoms with E-state index in [0.717, 1.165) is 31.1 Å². The normalized spacial score (nSPS) is 21.6. The van der Waals surface area contributed by atoms with Crippen LogP contribution in [-0.4, -0.2) is 23.8 Å². The largest absolute Gasteiger partial charge is 0.463 e. The quantitative estimate of drug-likeness (QED) is 0.209. The maximum Gasteiger partial charge on any atom is 0.302 e. The van der Waals surface area contributed by atoms with Gasteiger partial charge in [-0.2, -0.15) is 0 Å². The molecule has 0 aromatic rings. The molecule has 0 bridgehead atoms. The minimum atomic E-state index is -0.512. The van der Waals surface area contributed by atoms with Gasteiger partial charge < -0.3 is 9.84 Å². The summed E-state index contributed by atoms with van der Waals surface area (Å²) in [5, 5.41) is 9.74. The molecule has 0 amide bonds. The second kappa shape index (κ2) is 14.9. The molecule has 0 fully saturated rings. The van der Waals surface area contributed by atoms with Crippen LogP contribution in [0.25, 0.3) is 0 Å². The van der Waals surface area contributed by atoms with Crippen LogP contribution in [0.2, 0.25) is 0 Å². The zero-order valence-corrected chi connectivity index (χ0v) is 17.9. The van der Waals surface area contributed by atoms with Gasteiger partial charge in [0.15, 0.2) is 0 Å². The molecule has 1 unspecified atom stereocenters. The first-order chi connectivity index (χ1) is 13.0. The van der Waals surface area contributed by atoms with E-state index < -0.39 is 6.10 Å². The highest BCUT2D eigenvalue weighted by Gasteiger charge is 2.19. The first-order valence-electron chi connectivity index (χ1n) is 11.2. The topological polar surface area (TPSA) is 46.5 Å². The van der Waals surface area contributed by atoms with E-state index in [4.69, 9.17) is 4.74 Å². The molecule has 0 saturated heterocycles. The molecule has 1 N–H and O–H groups in total. The van der Waals surface area contributed by atoms with Gasteiger partial charge in [0.25, 0.3) is 0 Å². The van der Waals surface area contributed by atoms with Crippen molar-refractivity contribution in [2.75, 3.05) is 6.61 Å². The number of aliphatic hydroxyl groups excluding tert-OH is 1. The Morgan fingerprint density at radius 2 is 2.00 bits per heavy atom. The molecule has 4 atom stereocenters. The molecule has 1 aliphatic rings. The van der Waals surface area contributed by atoms with Crippen LogP contribution < -0.4 is 0 Å². The molecule has 0 aromatic heterocycles. The number of rotatable bonds is 15. The Labute approximate surface area is 167 Å². The molecule has 0 aromatic carbocycles. The number of unbranched alkanes of at least 4 members (excludes halogenated alkanes) is 4. The van der Waals surface area contributed by atoms with Crippen LogP contribution in [0.1, 0.15) is 91.4 Å². The third-order valence-electron chi connectivity index (χ3n) is 5.63. The van der Waals surface area contributed by atoms with Crippen LogP contribution in [0.15, 0.2) is 24.3 Å². The summed E-state index contributed by atoms with van der Waals surface area (Å²) < 4.78 is 4.82. The van der Waals surface area contributed by atoms with Gasteiger partial charge in [-0.05, 0) is 43.4 Å². The van der Waals surface area contributed by atoms with Crippen LogP contribution in [0.3, 0.4) is 0 Å². The van der Waals surface area contributed by atoms with Gasteiger partial charge in [-0.1, -0.05) is 83.1 Å². The molecule has 1 rings (SSSR count). The number of esters is 1. The van der Waals surface area contributed by atoms with E-state index in [1.807, 2.05) is 0 Å². The van der Waals surface area contributed by atoms with Crippen molar-refractivity contribution in [2.24, 2.45) is 17.8 Å². The Balaban J connectivity index is 2.09. The summed E-state index contributed by atoms with van der Waals surface area (Å²) in [5.41, 5.74) is 0. The van der Waals surface area contributed by atoms with Crippen molar-refractivity contribution in [3.05, 3.63) is 24.3 Å². The lowest BCUT2D eigenvalue weighted by molar-refractivity contribution is -0.144. The number of allylic oxidation sites excluding steroid dienone is 4. The molecule has 3 nitrogen and oxygen atoms in total. The van der Waals surface area contributed by atoms with Crippen molar-refractivity contribution in [3.8, 4) is 0 Å². The first-order valence-corrected chi connectivity index (χ1v) is 11.2. The summed E-state index contributed by atoms with van der Waals surface area (Å²) >= 11 is 0. The summed E-state index contributed by atoms with van der Waals surface area (Å²) in [6, 6.07) is 0. The molecule has 0 spiro atoms. The highest BCUT2D eigenvalue weighted by atomic mass is 16.5. The van der Waals surface area contributed by atoms with E-state index in [9.17, 15) is 9.90 Å². The zero-order chi connectivity index (χ0) is 19.9. The monoisotopic (exact) mass is 378 g/mol. The highest BCUT2D eigenvalue weighted by Crippen LogP contribution is 2.31. The highest BCUT2D eigenvalue weighted by molar-refractivity contribution is 5.65. The lowest BCUT2D eigenvalue weighted by Crippen LogP contribution is -2.17. The molecule has 3 heteroatoms. The SMILES string of the molecule is CCCC[C@@H](C)CC=C[C@H]1C=CC[C@@H]1CCCCCCC(O)COC(C)=O. The third kappa shape index (κ3) is 12.1. The summed E-state index contributed by atoms with van der Waals surface area (Å²) in [6.07, 6.45) is 22.2. The second-order valence-electron chi connectivity index (χ2n) is 8.36. The van der Waals surface area contributed by atoms with Gasteiger partial charge in [-0.3, -0.25) is 4.79 Å². The first kappa shape index (κ1) is 23.9. The van der Waals surface area contributed by atoms with Crippen LogP contribution >= 0.6 is 0 Å². The minimum Gasteiger partial charge on any atom is -0.463 e. The molecule has 0 heterocycles. The van der Waals surface area contributed by atoms with Gasteiger partial charge in [0.05, 0.1) is 6.10 Å². The second-order valence-corrected chi connectivity index (χ2v) is 8.36. The predicted octanol–water partition coefficient (Wildman–Crippen LogP) is 6.22. The van der Waals surface area contributed by atoms with Gasteiger partial charge in [0, 0.05) is 6.92 Å². The van der Waals surface area contributed by atoms with Crippen molar-refractivity contribution in [3.63, 3.8) is 0 Å². The van der Waals surface area contributed by atoms with Gasteiger partial charge in [-0.15, -0.1) is 0 Å². The van der Waals surface area contributed by atoms with Gasteiger partial charge >= 0.3 is 5.97 Å². The Kier molecular flexibility index (Phi) is 13.2. The summed E-state index contributed by atoms with van der Waals surface area (Å²) in [6.45, 7) is 6.14. The molecule has 0 radical (unpaired) electrons. The average Bonchev–Trinajstić information content (AvgIpc) is 3.08. The maximum atomic E-state index is 10.7. The zero-order valence-electron chi connectivity index (χ0n) is 17.9. The Morgan fingerprint density at radius 3 is 2.74 bits per heavy atom. The van der Waals surface area contributed by atoms with Crippen molar-refractivity contribution < 1.29 is 14.6 Å². The summed E-state index contributed by atoms with van der Waals surface area (Å²) in [5.74, 6) is 1.90. The van der Waals surface area contributed by atoms with E-state index in [-0.39, 0.29) is 12.6 Å².